The summed E-state index contributed by atoms with van der Waals surface area (Å²) in [6, 6.07) is 17.4. The van der Waals surface area contributed by atoms with Crippen LogP contribution in [0.1, 0.15) is 35.7 Å². The Morgan fingerprint density at radius 3 is 2.41 bits per heavy atom. The number of methoxy groups -OCH3 is 1. The van der Waals surface area contributed by atoms with Gasteiger partial charge in [0.15, 0.2) is 0 Å². The third kappa shape index (κ3) is 4.46. The van der Waals surface area contributed by atoms with E-state index in [2.05, 4.69) is 5.32 Å². The number of nitrogens with one attached hydrogen (secondary N) is 1. The Morgan fingerprint density at radius 1 is 1.06 bits per heavy atom. The van der Waals surface area contributed by atoms with E-state index in [1.165, 1.54) is 0 Å². The molecule has 0 spiro atoms. The lowest BCUT2D eigenvalue weighted by Gasteiger charge is -2.14. The molecule has 4 aromatic rings. The maximum Gasteiger partial charge on any atom is 0.255 e. The Kier molecular flexibility index (Phi) is 6.82. The summed E-state index contributed by atoms with van der Waals surface area (Å²) >= 11 is 0. The number of fused-ring (bicyclic) bond motifs is 1. The number of hydrogen-bond donors (Lipinski definition) is 1. The van der Waals surface area contributed by atoms with Gasteiger partial charge in [0.05, 0.1) is 18.5 Å². The fourth-order valence-electron chi connectivity index (χ4n) is 4.38. The second-order valence-electron chi connectivity index (χ2n) is 8.31. The van der Waals surface area contributed by atoms with Crippen molar-refractivity contribution in [3.05, 3.63) is 87.3 Å². The van der Waals surface area contributed by atoms with Crippen LogP contribution in [0.5, 0.6) is 5.75 Å². The topological polar surface area (TPSA) is 78.2 Å². The van der Waals surface area contributed by atoms with Crippen LogP contribution in [0.4, 0.5) is 0 Å². The Labute approximate surface area is 199 Å². The summed E-state index contributed by atoms with van der Waals surface area (Å²) < 4.78 is 8.77. The highest BCUT2D eigenvalue weighted by atomic mass is 16.5. The number of hydrogen-bond acceptors (Lipinski definition) is 4. The van der Waals surface area contributed by atoms with Crippen molar-refractivity contribution >= 4 is 16.9 Å². The first-order chi connectivity index (χ1) is 16.4. The Balaban J connectivity index is 1.59. The number of rotatable bonds is 8. The van der Waals surface area contributed by atoms with Crippen LogP contribution >= 0.6 is 0 Å². The minimum Gasteiger partial charge on any atom is -0.497 e. The molecule has 7 nitrogen and oxygen atoms in total. The van der Waals surface area contributed by atoms with Crippen molar-refractivity contribution in [1.82, 2.24) is 19.7 Å². The summed E-state index contributed by atoms with van der Waals surface area (Å²) in [6.07, 6.45) is 0.623. The molecule has 0 aliphatic rings. The van der Waals surface area contributed by atoms with Crippen LogP contribution in [0.3, 0.4) is 0 Å². The smallest absolute Gasteiger partial charge is 0.255 e. The van der Waals surface area contributed by atoms with Crippen LogP contribution < -0.4 is 15.6 Å². The average molecular weight is 459 g/mol. The van der Waals surface area contributed by atoms with E-state index in [9.17, 15) is 9.59 Å². The second-order valence-corrected chi connectivity index (χ2v) is 8.31. The van der Waals surface area contributed by atoms with Crippen molar-refractivity contribution in [3.63, 3.8) is 0 Å². The summed E-state index contributed by atoms with van der Waals surface area (Å²) in [5, 5.41) is 8.67. The predicted octanol–water partition coefficient (Wildman–Crippen LogP) is 4.08. The van der Waals surface area contributed by atoms with E-state index >= 15 is 0 Å². The van der Waals surface area contributed by atoms with E-state index in [4.69, 9.17) is 9.84 Å². The van der Waals surface area contributed by atoms with Crippen LogP contribution in [0.25, 0.3) is 16.7 Å². The minimum atomic E-state index is -0.0885. The van der Waals surface area contributed by atoms with Crippen molar-refractivity contribution in [2.24, 2.45) is 0 Å². The largest absolute Gasteiger partial charge is 0.497 e. The predicted molar refractivity (Wildman–Crippen MR) is 134 cm³/mol. The van der Waals surface area contributed by atoms with Gasteiger partial charge in [0, 0.05) is 30.5 Å². The molecule has 0 bridgehead atoms. The molecule has 4 rings (SSSR count). The maximum absolute atomic E-state index is 13.5. The first-order valence-electron chi connectivity index (χ1n) is 11.5. The number of para-hydroxylation sites is 1. The van der Waals surface area contributed by atoms with Gasteiger partial charge in [-0.15, -0.1) is 0 Å². The maximum atomic E-state index is 13.5. The van der Waals surface area contributed by atoms with E-state index in [-0.39, 0.29) is 17.9 Å². The molecule has 176 valence electrons. The van der Waals surface area contributed by atoms with E-state index in [1.54, 1.807) is 11.7 Å². The summed E-state index contributed by atoms with van der Waals surface area (Å²) in [4.78, 5) is 26.0. The first kappa shape index (κ1) is 23.3. The molecule has 0 fully saturated rings. The molecule has 0 radical (unpaired) electrons. The molecule has 1 amide bonds. The van der Waals surface area contributed by atoms with Gasteiger partial charge in [-0.2, -0.15) is 5.10 Å². The molecule has 0 unspecified atom stereocenters. The fraction of sp³-hybridized carbons (Fsp3) is 0.296. The van der Waals surface area contributed by atoms with E-state index < -0.39 is 0 Å². The van der Waals surface area contributed by atoms with Gasteiger partial charge in [0.2, 0.25) is 5.91 Å². The van der Waals surface area contributed by atoms with Crippen LogP contribution in [0, 0.1) is 13.8 Å². The molecule has 0 saturated carbocycles. The standard InChI is InChI=1S/C27H30N4O3/c1-5-30-26-25(19(3)29-31(26)21-9-7-6-8-10-21)18(2)23(27(30)33)15-16-24(32)28-17-20-11-13-22(34-4)14-12-20/h6-14H,5,15-17H2,1-4H3,(H,28,32). The molecule has 2 aromatic carbocycles. The highest BCUT2D eigenvalue weighted by molar-refractivity contribution is 5.85. The van der Waals surface area contributed by atoms with Gasteiger partial charge >= 0.3 is 0 Å². The molecule has 2 heterocycles. The zero-order chi connectivity index (χ0) is 24.2. The molecule has 0 aliphatic heterocycles. The number of ether oxygens (including phenoxy) is 1. The lowest BCUT2D eigenvalue weighted by atomic mass is 10.0. The SMILES string of the molecule is CCn1c(=O)c(CCC(=O)NCc2ccc(OC)cc2)c(C)c2c(C)nn(-c3ccccc3)c21. The van der Waals surface area contributed by atoms with Crippen LogP contribution in [-0.4, -0.2) is 27.4 Å². The number of amides is 1. The van der Waals surface area contributed by atoms with E-state index in [0.29, 0.717) is 25.1 Å². The van der Waals surface area contributed by atoms with Gasteiger partial charge in [0.25, 0.3) is 5.56 Å². The third-order valence-corrected chi connectivity index (χ3v) is 6.19. The highest BCUT2D eigenvalue weighted by Gasteiger charge is 2.21. The molecule has 7 heteroatoms. The van der Waals surface area contributed by atoms with Crippen molar-refractivity contribution in [1.29, 1.82) is 0 Å². The number of nitrogens with zero attached hydrogens (tertiary/aromatic N) is 3. The molecule has 0 saturated heterocycles. The van der Waals surface area contributed by atoms with Gasteiger partial charge in [-0.25, -0.2) is 4.68 Å². The Hall–Kier alpha value is -3.87. The zero-order valence-electron chi connectivity index (χ0n) is 20.1. The molecule has 0 aliphatic carbocycles. The lowest BCUT2D eigenvalue weighted by molar-refractivity contribution is -0.121. The average Bonchev–Trinajstić information content (AvgIpc) is 3.20. The van der Waals surface area contributed by atoms with Crippen molar-refractivity contribution in [2.45, 2.75) is 46.7 Å². The van der Waals surface area contributed by atoms with Gasteiger partial charge in [-0.05, 0) is 62.6 Å². The molecule has 34 heavy (non-hydrogen) atoms. The Bertz CT molecular complexity index is 1370. The summed E-state index contributed by atoms with van der Waals surface area (Å²) in [5.74, 6) is 0.688. The lowest BCUT2D eigenvalue weighted by Crippen LogP contribution is -2.28. The molecule has 1 N–H and O–H groups in total. The number of aryl methyl sites for hydroxylation is 3. The minimum absolute atomic E-state index is 0.0625. The van der Waals surface area contributed by atoms with Crippen molar-refractivity contribution in [3.8, 4) is 11.4 Å². The van der Waals surface area contributed by atoms with Crippen LogP contribution in [0.2, 0.25) is 0 Å². The zero-order valence-corrected chi connectivity index (χ0v) is 20.1. The first-order valence-corrected chi connectivity index (χ1v) is 11.5. The van der Waals surface area contributed by atoms with Crippen molar-refractivity contribution < 1.29 is 9.53 Å². The fourth-order valence-corrected chi connectivity index (χ4v) is 4.38. The second kappa shape index (κ2) is 9.95. The number of aromatic nitrogens is 3. The highest BCUT2D eigenvalue weighted by Crippen LogP contribution is 2.26. The summed E-state index contributed by atoms with van der Waals surface area (Å²) in [7, 11) is 1.62. The summed E-state index contributed by atoms with van der Waals surface area (Å²) in [6.45, 7) is 6.83. The third-order valence-electron chi connectivity index (χ3n) is 6.19. The molecular weight excluding hydrogens is 428 g/mol. The van der Waals surface area contributed by atoms with Gasteiger partial charge < -0.3 is 10.1 Å². The number of pyridine rings is 1. The molecular formula is C27H30N4O3. The van der Waals surface area contributed by atoms with Crippen LogP contribution in [-0.2, 0) is 24.3 Å². The quantitative estimate of drug-likeness (QED) is 0.432. The number of benzene rings is 2. The van der Waals surface area contributed by atoms with Gasteiger partial charge in [-0.1, -0.05) is 30.3 Å². The monoisotopic (exact) mass is 458 g/mol. The van der Waals surface area contributed by atoms with E-state index in [1.807, 2.05) is 80.1 Å². The van der Waals surface area contributed by atoms with E-state index in [0.717, 1.165) is 39.3 Å². The summed E-state index contributed by atoms with van der Waals surface area (Å²) in [5.41, 5.74) is 5.06. The van der Waals surface area contributed by atoms with Gasteiger partial charge in [0.1, 0.15) is 11.4 Å². The van der Waals surface area contributed by atoms with Crippen LogP contribution in [0.15, 0.2) is 59.4 Å². The van der Waals surface area contributed by atoms with Crippen molar-refractivity contribution in [2.75, 3.05) is 7.11 Å². The molecule has 2 aromatic heterocycles. The number of carbonyl (C=O) groups excluding carboxylic acids is 1. The number of carbonyl (C=O) groups is 1. The Morgan fingerprint density at radius 2 is 1.76 bits per heavy atom. The molecule has 0 atom stereocenters. The van der Waals surface area contributed by atoms with Gasteiger partial charge in [-0.3, -0.25) is 14.2 Å². The normalized spacial score (nSPS) is 11.1.